The first-order chi connectivity index (χ1) is 10.8. The SMILES string of the molecule is O=C(NCC1CCCCC1)N1CCN(c2ccccc2)CC1. The summed E-state index contributed by atoms with van der Waals surface area (Å²) in [5, 5.41) is 3.15. The average molecular weight is 301 g/mol. The number of anilines is 1. The minimum absolute atomic E-state index is 0.123. The van der Waals surface area contributed by atoms with Crippen molar-refractivity contribution in [2.45, 2.75) is 32.1 Å². The van der Waals surface area contributed by atoms with Crippen molar-refractivity contribution in [3.63, 3.8) is 0 Å². The summed E-state index contributed by atoms with van der Waals surface area (Å²) in [5.74, 6) is 0.698. The molecular weight excluding hydrogens is 274 g/mol. The fourth-order valence-electron chi connectivity index (χ4n) is 3.54. The molecule has 0 unspecified atom stereocenters. The van der Waals surface area contributed by atoms with Gasteiger partial charge < -0.3 is 15.1 Å². The maximum absolute atomic E-state index is 12.3. The van der Waals surface area contributed by atoms with E-state index in [1.165, 1.54) is 37.8 Å². The van der Waals surface area contributed by atoms with Gasteiger partial charge in [-0.15, -0.1) is 0 Å². The molecule has 1 saturated carbocycles. The van der Waals surface area contributed by atoms with Crippen molar-refractivity contribution >= 4 is 11.7 Å². The molecule has 1 heterocycles. The van der Waals surface area contributed by atoms with Crippen molar-refractivity contribution in [1.29, 1.82) is 0 Å². The highest BCUT2D eigenvalue weighted by Gasteiger charge is 2.22. The highest BCUT2D eigenvalue weighted by atomic mass is 16.2. The van der Waals surface area contributed by atoms with Crippen LogP contribution in [0.3, 0.4) is 0 Å². The number of urea groups is 1. The maximum Gasteiger partial charge on any atom is 0.317 e. The molecule has 1 aliphatic carbocycles. The number of nitrogens with zero attached hydrogens (tertiary/aromatic N) is 2. The third-order valence-electron chi connectivity index (χ3n) is 4.95. The Morgan fingerprint density at radius 3 is 2.36 bits per heavy atom. The Kier molecular flexibility index (Phi) is 5.20. The minimum Gasteiger partial charge on any atom is -0.368 e. The molecule has 0 atom stereocenters. The molecule has 1 N–H and O–H groups in total. The number of para-hydroxylation sites is 1. The molecule has 3 rings (SSSR count). The number of rotatable bonds is 3. The molecule has 0 bridgehead atoms. The second-order valence-electron chi connectivity index (χ2n) is 6.50. The van der Waals surface area contributed by atoms with Gasteiger partial charge in [0.2, 0.25) is 0 Å². The van der Waals surface area contributed by atoms with Crippen LogP contribution in [0.4, 0.5) is 10.5 Å². The van der Waals surface area contributed by atoms with Crippen molar-refractivity contribution < 1.29 is 4.79 Å². The van der Waals surface area contributed by atoms with Gasteiger partial charge in [-0.3, -0.25) is 0 Å². The van der Waals surface area contributed by atoms with Gasteiger partial charge in [0.25, 0.3) is 0 Å². The Morgan fingerprint density at radius 2 is 1.68 bits per heavy atom. The number of piperazine rings is 1. The predicted octanol–water partition coefficient (Wildman–Crippen LogP) is 3.10. The van der Waals surface area contributed by atoms with E-state index in [9.17, 15) is 4.79 Å². The van der Waals surface area contributed by atoms with Crippen LogP contribution in [0.25, 0.3) is 0 Å². The lowest BCUT2D eigenvalue weighted by Crippen LogP contribution is -2.52. The number of benzene rings is 1. The van der Waals surface area contributed by atoms with Gasteiger partial charge in [-0.1, -0.05) is 37.5 Å². The van der Waals surface area contributed by atoms with Gasteiger partial charge in [0.1, 0.15) is 0 Å². The number of hydrogen-bond donors (Lipinski definition) is 1. The Balaban J connectivity index is 1.41. The average Bonchev–Trinajstić information content (AvgIpc) is 2.61. The number of nitrogens with one attached hydrogen (secondary N) is 1. The number of amides is 2. The zero-order valence-corrected chi connectivity index (χ0v) is 13.3. The third-order valence-corrected chi connectivity index (χ3v) is 4.95. The van der Waals surface area contributed by atoms with E-state index in [1.807, 2.05) is 11.0 Å². The number of carbonyl (C=O) groups is 1. The van der Waals surface area contributed by atoms with Crippen molar-refractivity contribution in [1.82, 2.24) is 10.2 Å². The molecular formula is C18H27N3O. The molecule has 2 aliphatic rings. The third kappa shape index (κ3) is 3.93. The molecule has 1 aromatic rings. The summed E-state index contributed by atoms with van der Waals surface area (Å²) in [5.41, 5.74) is 1.25. The summed E-state index contributed by atoms with van der Waals surface area (Å²) >= 11 is 0. The highest BCUT2D eigenvalue weighted by Crippen LogP contribution is 2.22. The topological polar surface area (TPSA) is 35.6 Å². The molecule has 4 heteroatoms. The molecule has 1 aromatic carbocycles. The molecule has 4 nitrogen and oxygen atoms in total. The molecule has 1 saturated heterocycles. The van der Waals surface area contributed by atoms with Crippen LogP contribution in [0.15, 0.2) is 30.3 Å². The van der Waals surface area contributed by atoms with Crippen LogP contribution in [0.1, 0.15) is 32.1 Å². The molecule has 0 radical (unpaired) electrons. The standard InChI is InChI=1S/C18H27N3O/c22-18(19-15-16-7-3-1-4-8-16)21-13-11-20(12-14-21)17-9-5-2-6-10-17/h2,5-6,9-10,16H,1,3-4,7-8,11-15H2,(H,19,22). The van der Waals surface area contributed by atoms with Crippen LogP contribution in [0.2, 0.25) is 0 Å². The molecule has 22 heavy (non-hydrogen) atoms. The van der Waals surface area contributed by atoms with Crippen molar-refractivity contribution in [3.05, 3.63) is 30.3 Å². The van der Waals surface area contributed by atoms with Gasteiger partial charge in [0.05, 0.1) is 0 Å². The minimum atomic E-state index is 0.123. The molecule has 2 fully saturated rings. The summed E-state index contributed by atoms with van der Waals surface area (Å²) in [6, 6.07) is 10.6. The lowest BCUT2D eigenvalue weighted by Gasteiger charge is -2.36. The van der Waals surface area contributed by atoms with Gasteiger partial charge in [-0.2, -0.15) is 0 Å². The second-order valence-corrected chi connectivity index (χ2v) is 6.50. The lowest BCUT2D eigenvalue weighted by atomic mass is 9.89. The molecule has 0 aromatic heterocycles. The van der Waals surface area contributed by atoms with E-state index in [0.717, 1.165) is 32.7 Å². The van der Waals surface area contributed by atoms with Gasteiger partial charge in [-0.25, -0.2) is 4.79 Å². The first-order valence-corrected chi connectivity index (χ1v) is 8.66. The van der Waals surface area contributed by atoms with Gasteiger partial charge >= 0.3 is 6.03 Å². The van der Waals surface area contributed by atoms with E-state index in [4.69, 9.17) is 0 Å². The maximum atomic E-state index is 12.3. The molecule has 120 valence electrons. The van der Waals surface area contributed by atoms with Crippen molar-refractivity contribution in [2.24, 2.45) is 5.92 Å². The first-order valence-electron chi connectivity index (χ1n) is 8.66. The monoisotopic (exact) mass is 301 g/mol. The first kappa shape index (κ1) is 15.2. The van der Waals surface area contributed by atoms with Gasteiger partial charge in [0, 0.05) is 38.4 Å². The van der Waals surface area contributed by atoms with E-state index >= 15 is 0 Å². The van der Waals surface area contributed by atoms with E-state index in [0.29, 0.717) is 5.92 Å². The van der Waals surface area contributed by atoms with Crippen molar-refractivity contribution in [3.8, 4) is 0 Å². The number of carbonyl (C=O) groups excluding carboxylic acids is 1. The fourth-order valence-corrected chi connectivity index (χ4v) is 3.54. The lowest BCUT2D eigenvalue weighted by molar-refractivity contribution is 0.190. The van der Waals surface area contributed by atoms with Crippen LogP contribution in [0, 0.1) is 5.92 Å². The van der Waals surface area contributed by atoms with Gasteiger partial charge in [0.15, 0.2) is 0 Å². The number of hydrogen-bond acceptors (Lipinski definition) is 2. The van der Waals surface area contributed by atoms with E-state index in [2.05, 4.69) is 34.5 Å². The largest absolute Gasteiger partial charge is 0.368 e. The summed E-state index contributed by atoms with van der Waals surface area (Å²) in [4.78, 5) is 16.6. The quantitative estimate of drug-likeness (QED) is 0.931. The fraction of sp³-hybridized carbons (Fsp3) is 0.611. The van der Waals surface area contributed by atoms with Crippen molar-refractivity contribution in [2.75, 3.05) is 37.6 Å². The molecule has 0 spiro atoms. The van der Waals surface area contributed by atoms with Gasteiger partial charge in [-0.05, 0) is 30.9 Å². The Labute approximate surface area is 133 Å². The Hall–Kier alpha value is -1.71. The highest BCUT2D eigenvalue weighted by molar-refractivity contribution is 5.74. The van der Waals surface area contributed by atoms with E-state index in [-0.39, 0.29) is 6.03 Å². The van der Waals surface area contributed by atoms with Crippen LogP contribution in [0.5, 0.6) is 0 Å². The van der Waals surface area contributed by atoms with Crippen LogP contribution in [-0.2, 0) is 0 Å². The van der Waals surface area contributed by atoms with E-state index < -0.39 is 0 Å². The Bertz CT molecular complexity index is 462. The summed E-state index contributed by atoms with van der Waals surface area (Å²) in [6.45, 7) is 4.32. The zero-order chi connectivity index (χ0) is 15.2. The summed E-state index contributed by atoms with van der Waals surface area (Å²) < 4.78 is 0. The smallest absolute Gasteiger partial charge is 0.317 e. The molecule has 1 aliphatic heterocycles. The summed E-state index contributed by atoms with van der Waals surface area (Å²) in [6.07, 6.45) is 6.59. The molecule has 2 amide bonds. The van der Waals surface area contributed by atoms with E-state index in [1.54, 1.807) is 0 Å². The predicted molar refractivity (Wildman–Crippen MR) is 90.2 cm³/mol. The summed E-state index contributed by atoms with van der Waals surface area (Å²) in [7, 11) is 0. The van der Waals surface area contributed by atoms with Crippen LogP contribution in [-0.4, -0.2) is 43.7 Å². The zero-order valence-electron chi connectivity index (χ0n) is 13.3. The normalized spacial score (nSPS) is 20.0. The Morgan fingerprint density at radius 1 is 1.00 bits per heavy atom. The van der Waals surface area contributed by atoms with Crippen LogP contribution < -0.4 is 10.2 Å². The second kappa shape index (κ2) is 7.52. The van der Waals surface area contributed by atoms with Crippen LogP contribution >= 0.6 is 0 Å².